The average molecular weight is 358 g/mol. The molecule has 0 radical (unpaired) electrons. The average Bonchev–Trinajstić information content (AvgIpc) is 3.33. The van der Waals surface area contributed by atoms with E-state index in [1.807, 2.05) is 31.6 Å². The number of aromatic nitrogens is 2. The number of nitrogens with two attached hydrogens (primary N) is 1. The van der Waals surface area contributed by atoms with Gasteiger partial charge in [-0.3, -0.25) is 4.68 Å². The Balaban J connectivity index is 1.60. The predicted molar refractivity (Wildman–Crippen MR) is 100 cm³/mol. The van der Waals surface area contributed by atoms with Gasteiger partial charge in [0.2, 0.25) is 0 Å². The second-order valence-corrected chi connectivity index (χ2v) is 6.95. The van der Waals surface area contributed by atoms with Gasteiger partial charge in [0.1, 0.15) is 5.75 Å². The maximum absolute atomic E-state index is 6.18. The van der Waals surface area contributed by atoms with E-state index in [-0.39, 0.29) is 6.29 Å². The van der Waals surface area contributed by atoms with Gasteiger partial charge in [-0.05, 0) is 18.9 Å². The van der Waals surface area contributed by atoms with Crippen LogP contribution >= 0.6 is 0 Å². The SMILES string of the molecule is COc1cc(N2CCC(C3OCCO3)CC2)c(-c2cnn(C)c2)cc1N. The lowest BCUT2D eigenvalue weighted by Gasteiger charge is -2.36. The number of nitrogens with zero attached hydrogens (tertiary/aromatic N) is 3. The molecule has 4 rings (SSSR count). The fourth-order valence-electron chi connectivity index (χ4n) is 3.88. The van der Waals surface area contributed by atoms with Crippen LogP contribution in [0, 0.1) is 5.92 Å². The molecule has 0 saturated carbocycles. The molecule has 2 aliphatic heterocycles. The minimum Gasteiger partial charge on any atom is -0.495 e. The van der Waals surface area contributed by atoms with Crippen LogP contribution in [0.5, 0.6) is 5.75 Å². The molecule has 0 aliphatic carbocycles. The Morgan fingerprint density at radius 2 is 1.92 bits per heavy atom. The second-order valence-electron chi connectivity index (χ2n) is 6.95. The molecule has 3 heterocycles. The van der Waals surface area contributed by atoms with Crippen LogP contribution in [0.1, 0.15) is 12.8 Å². The van der Waals surface area contributed by atoms with Crippen LogP contribution in [0.2, 0.25) is 0 Å². The Morgan fingerprint density at radius 1 is 1.19 bits per heavy atom. The molecule has 7 nitrogen and oxygen atoms in total. The highest BCUT2D eigenvalue weighted by atomic mass is 16.7. The lowest BCUT2D eigenvalue weighted by atomic mass is 9.94. The number of hydrogen-bond donors (Lipinski definition) is 1. The summed E-state index contributed by atoms with van der Waals surface area (Å²) in [7, 11) is 3.57. The fraction of sp³-hybridized carbons (Fsp3) is 0.526. The molecule has 0 amide bonds. The monoisotopic (exact) mass is 358 g/mol. The summed E-state index contributed by atoms with van der Waals surface area (Å²) >= 11 is 0. The number of rotatable bonds is 4. The minimum absolute atomic E-state index is 0.0316. The number of piperidine rings is 1. The minimum atomic E-state index is -0.0316. The van der Waals surface area contributed by atoms with Crippen LogP contribution in [-0.2, 0) is 16.5 Å². The van der Waals surface area contributed by atoms with Crippen LogP contribution in [0.4, 0.5) is 11.4 Å². The second kappa shape index (κ2) is 7.17. The third kappa shape index (κ3) is 3.24. The molecule has 0 unspecified atom stereocenters. The summed E-state index contributed by atoms with van der Waals surface area (Å²) < 4.78 is 18.7. The molecule has 2 fully saturated rings. The number of aryl methyl sites for hydroxylation is 1. The molecule has 140 valence electrons. The summed E-state index contributed by atoms with van der Waals surface area (Å²) in [4.78, 5) is 2.40. The zero-order valence-corrected chi connectivity index (χ0v) is 15.4. The normalized spacial score (nSPS) is 19.2. The molecular formula is C19H26N4O3. The molecule has 1 aromatic heterocycles. The van der Waals surface area contributed by atoms with Crippen molar-refractivity contribution in [3.05, 3.63) is 24.5 Å². The van der Waals surface area contributed by atoms with Crippen LogP contribution in [0.25, 0.3) is 11.1 Å². The van der Waals surface area contributed by atoms with E-state index in [0.717, 1.165) is 42.7 Å². The van der Waals surface area contributed by atoms with E-state index in [1.165, 1.54) is 0 Å². The Labute approximate surface area is 153 Å². The molecule has 26 heavy (non-hydrogen) atoms. The summed E-state index contributed by atoms with van der Waals surface area (Å²) in [6.07, 6.45) is 5.94. The Morgan fingerprint density at radius 3 is 2.54 bits per heavy atom. The largest absolute Gasteiger partial charge is 0.495 e. The zero-order valence-electron chi connectivity index (χ0n) is 15.4. The van der Waals surface area contributed by atoms with Gasteiger partial charge in [0.05, 0.1) is 32.2 Å². The van der Waals surface area contributed by atoms with E-state index in [0.29, 0.717) is 30.6 Å². The highest BCUT2D eigenvalue weighted by Gasteiger charge is 2.31. The third-order valence-corrected chi connectivity index (χ3v) is 5.28. The van der Waals surface area contributed by atoms with E-state index in [2.05, 4.69) is 10.00 Å². The Kier molecular flexibility index (Phi) is 4.74. The van der Waals surface area contributed by atoms with Crippen LogP contribution in [0.3, 0.4) is 0 Å². The van der Waals surface area contributed by atoms with E-state index >= 15 is 0 Å². The number of benzene rings is 1. The molecule has 1 aromatic carbocycles. The highest BCUT2D eigenvalue weighted by Crippen LogP contribution is 2.40. The maximum Gasteiger partial charge on any atom is 0.160 e. The summed E-state index contributed by atoms with van der Waals surface area (Å²) in [6.45, 7) is 3.33. The first kappa shape index (κ1) is 17.2. The standard InChI is InChI=1S/C19H26N4O3/c1-22-12-14(11-21-22)15-9-16(20)18(24-2)10-17(15)23-5-3-13(4-6-23)19-25-7-8-26-19/h9-13,19H,3-8,20H2,1-2H3. The zero-order chi connectivity index (χ0) is 18.1. The summed E-state index contributed by atoms with van der Waals surface area (Å²) in [5.41, 5.74) is 10.1. The van der Waals surface area contributed by atoms with Gasteiger partial charge in [-0.1, -0.05) is 0 Å². The van der Waals surface area contributed by atoms with Crippen LogP contribution in [-0.4, -0.2) is 49.5 Å². The third-order valence-electron chi connectivity index (χ3n) is 5.28. The number of nitrogen functional groups attached to an aromatic ring is 1. The van der Waals surface area contributed by atoms with Crippen molar-refractivity contribution in [2.45, 2.75) is 19.1 Å². The molecule has 0 bridgehead atoms. The maximum atomic E-state index is 6.18. The summed E-state index contributed by atoms with van der Waals surface area (Å²) in [5, 5.41) is 4.31. The van der Waals surface area contributed by atoms with Gasteiger partial charge in [0, 0.05) is 55.1 Å². The van der Waals surface area contributed by atoms with Gasteiger partial charge in [0.15, 0.2) is 6.29 Å². The summed E-state index contributed by atoms with van der Waals surface area (Å²) in [6, 6.07) is 4.03. The highest BCUT2D eigenvalue weighted by molar-refractivity contribution is 5.83. The van der Waals surface area contributed by atoms with Crippen molar-refractivity contribution in [2.24, 2.45) is 13.0 Å². The molecule has 2 aliphatic rings. The van der Waals surface area contributed by atoms with E-state index in [1.54, 1.807) is 11.8 Å². The topological polar surface area (TPSA) is 74.8 Å². The van der Waals surface area contributed by atoms with Crippen molar-refractivity contribution < 1.29 is 14.2 Å². The lowest BCUT2D eigenvalue weighted by Crippen LogP contribution is -2.38. The first-order valence-electron chi connectivity index (χ1n) is 9.10. The van der Waals surface area contributed by atoms with Gasteiger partial charge in [-0.2, -0.15) is 5.10 Å². The van der Waals surface area contributed by atoms with Crippen LogP contribution in [0.15, 0.2) is 24.5 Å². The number of ether oxygens (including phenoxy) is 3. The van der Waals surface area contributed by atoms with Crippen molar-refractivity contribution in [3.63, 3.8) is 0 Å². The van der Waals surface area contributed by atoms with Crippen LogP contribution < -0.4 is 15.4 Å². The van der Waals surface area contributed by atoms with Crippen molar-refractivity contribution in [3.8, 4) is 16.9 Å². The number of hydrogen-bond acceptors (Lipinski definition) is 6. The molecule has 7 heteroatoms. The predicted octanol–water partition coefficient (Wildman–Crippen LogP) is 2.27. The van der Waals surface area contributed by atoms with E-state index in [4.69, 9.17) is 19.9 Å². The quantitative estimate of drug-likeness (QED) is 0.845. The lowest BCUT2D eigenvalue weighted by molar-refractivity contribution is -0.0889. The van der Waals surface area contributed by atoms with Crippen molar-refractivity contribution >= 4 is 11.4 Å². The Hall–Kier alpha value is -2.25. The molecular weight excluding hydrogens is 332 g/mol. The fourth-order valence-corrected chi connectivity index (χ4v) is 3.88. The number of methoxy groups -OCH3 is 1. The number of anilines is 2. The van der Waals surface area contributed by atoms with Gasteiger partial charge in [0.25, 0.3) is 0 Å². The Bertz CT molecular complexity index is 762. The summed E-state index contributed by atoms with van der Waals surface area (Å²) in [5.74, 6) is 1.17. The first-order valence-corrected chi connectivity index (χ1v) is 9.10. The van der Waals surface area contributed by atoms with Gasteiger partial charge in [-0.25, -0.2) is 0 Å². The van der Waals surface area contributed by atoms with E-state index in [9.17, 15) is 0 Å². The van der Waals surface area contributed by atoms with Gasteiger partial charge >= 0.3 is 0 Å². The molecule has 2 aromatic rings. The smallest absolute Gasteiger partial charge is 0.160 e. The molecule has 2 saturated heterocycles. The van der Waals surface area contributed by atoms with E-state index < -0.39 is 0 Å². The van der Waals surface area contributed by atoms with Crippen molar-refractivity contribution in [1.82, 2.24) is 9.78 Å². The molecule has 2 N–H and O–H groups in total. The van der Waals surface area contributed by atoms with Gasteiger partial charge in [-0.15, -0.1) is 0 Å². The molecule has 0 spiro atoms. The van der Waals surface area contributed by atoms with Crippen molar-refractivity contribution in [1.29, 1.82) is 0 Å². The van der Waals surface area contributed by atoms with Crippen molar-refractivity contribution in [2.75, 3.05) is 44.0 Å². The molecule has 0 atom stereocenters. The first-order chi connectivity index (χ1) is 12.7. The van der Waals surface area contributed by atoms with Gasteiger partial charge < -0.3 is 24.8 Å².